The summed E-state index contributed by atoms with van der Waals surface area (Å²) in [4.78, 5) is 16.3. The second-order valence-corrected chi connectivity index (χ2v) is 6.98. The maximum atomic E-state index is 12.3. The molecule has 0 aromatic carbocycles. The fourth-order valence-electron chi connectivity index (χ4n) is 3.03. The molecular formula is C17H18N6O2S. The zero-order chi connectivity index (χ0) is 17.8. The Labute approximate surface area is 154 Å². The molecule has 0 spiro atoms. The van der Waals surface area contributed by atoms with Crippen molar-refractivity contribution < 1.29 is 9.21 Å². The van der Waals surface area contributed by atoms with Crippen molar-refractivity contribution >= 4 is 23.5 Å². The van der Waals surface area contributed by atoms with Gasteiger partial charge in [-0.1, -0.05) is 24.6 Å². The molecule has 8 nitrogen and oxygen atoms in total. The van der Waals surface area contributed by atoms with E-state index in [2.05, 4.69) is 25.6 Å². The van der Waals surface area contributed by atoms with Crippen LogP contribution in [0.15, 0.2) is 46.4 Å². The van der Waals surface area contributed by atoms with E-state index < -0.39 is 0 Å². The minimum absolute atomic E-state index is 0.129. The standard InChI is InChI=1S/C17H18N6O2S/c24-15(20-14-7-9-19-23(14)13-5-1-2-6-13)11-26-17-22-21-16(25-17)12-4-3-8-18-10-12/h3-4,7-10,13H,1-2,5-6,11H2,(H,20,24). The summed E-state index contributed by atoms with van der Waals surface area (Å²) >= 11 is 1.20. The van der Waals surface area contributed by atoms with Gasteiger partial charge < -0.3 is 9.73 Å². The van der Waals surface area contributed by atoms with Crippen LogP contribution >= 0.6 is 11.8 Å². The molecule has 4 rings (SSSR count). The Morgan fingerprint density at radius 1 is 1.27 bits per heavy atom. The molecule has 1 N–H and O–H groups in total. The predicted molar refractivity (Wildman–Crippen MR) is 96.6 cm³/mol. The minimum Gasteiger partial charge on any atom is -0.411 e. The third-order valence-electron chi connectivity index (χ3n) is 4.25. The molecule has 3 aromatic rings. The fraction of sp³-hybridized carbons (Fsp3) is 0.353. The van der Waals surface area contributed by atoms with Crippen molar-refractivity contribution in [3.8, 4) is 11.5 Å². The predicted octanol–water partition coefficient (Wildman–Crippen LogP) is 3.17. The SMILES string of the molecule is O=C(CSc1nnc(-c2cccnc2)o1)Nc1ccnn1C1CCCC1. The number of nitrogens with one attached hydrogen (secondary N) is 1. The minimum atomic E-state index is -0.129. The van der Waals surface area contributed by atoms with E-state index in [1.54, 1.807) is 24.7 Å². The molecule has 1 aliphatic rings. The molecule has 134 valence electrons. The highest BCUT2D eigenvalue weighted by atomic mass is 32.2. The number of aromatic nitrogens is 5. The van der Waals surface area contributed by atoms with Gasteiger partial charge in [-0.3, -0.25) is 9.78 Å². The van der Waals surface area contributed by atoms with Crippen molar-refractivity contribution in [3.05, 3.63) is 36.8 Å². The number of anilines is 1. The summed E-state index contributed by atoms with van der Waals surface area (Å²) < 4.78 is 7.48. The Morgan fingerprint density at radius 2 is 2.15 bits per heavy atom. The van der Waals surface area contributed by atoms with Gasteiger partial charge in [0.15, 0.2) is 0 Å². The lowest BCUT2D eigenvalue weighted by atomic mass is 10.2. The van der Waals surface area contributed by atoms with Crippen molar-refractivity contribution in [2.75, 3.05) is 11.1 Å². The average molecular weight is 370 g/mol. The number of carbonyl (C=O) groups is 1. The molecule has 26 heavy (non-hydrogen) atoms. The second kappa shape index (κ2) is 7.69. The lowest BCUT2D eigenvalue weighted by Crippen LogP contribution is -2.19. The molecule has 0 radical (unpaired) electrons. The van der Waals surface area contributed by atoms with Gasteiger partial charge in [0.1, 0.15) is 5.82 Å². The number of nitrogens with zero attached hydrogens (tertiary/aromatic N) is 5. The highest BCUT2D eigenvalue weighted by Gasteiger charge is 2.20. The number of pyridine rings is 1. The van der Waals surface area contributed by atoms with E-state index in [9.17, 15) is 4.79 Å². The normalized spacial score (nSPS) is 14.6. The summed E-state index contributed by atoms with van der Waals surface area (Å²) in [7, 11) is 0. The highest BCUT2D eigenvalue weighted by molar-refractivity contribution is 7.99. The van der Waals surface area contributed by atoms with E-state index in [0.29, 0.717) is 17.2 Å². The molecule has 9 heteroatoms. The molecule has 0 bridgehead atoms. The van der Waals surface area contributed by atoms with Gasteiger partial charge in [-0.05, 0) is 25.0 Å². The van der Waals surface area contributed by atoms with Gasteiger partial charge in [0.2, 0.25) is 11.8 Å². The number of hydrogen-bond acceptors (Lipinski definition) is 7. The molecule has 0 aliphatic heterocycles. The van der Waals surface area contributed by atoms with E-state index in [0.717, 1.165) is 24.2 Å². The van der Waals surface area contributed by atoms with Crippen molar-refractivity contribution in [1.29, 1.82) is 0 Å². The van der Waals surface area contributed by atoms with E-state index in [1.165, 1.54) is 24.6 Å². The Balaban J connectivity index is 1.34. The molecule has 1 saturated carbocycles. The molecule has 3 heterocycles. The van der Waals surface area contributed by atoms with Gasteiger partial charge in [-0.2, -0.15) is 5.10 Å². The monoisotopic (exact) mass is 370 g/mol. The number of amides is 1. The Bertz CT molecular complexity index is 872. The van der Waals surface area contributed by atoms with Crippen molar-refractivity contribution in [3.63, 3.8) is 0 Å². The smallest absolute Gasteiger partial charge is 0.277 e. The van der Waals surface area contributed by atoms with Crippen LogP contribution in [0.5, 0.6) is 0 Å². The van der Waals surface area contributed by atoms with Crippen LogP contribution in [0.2, 0.25) is 0 Å². The van der Waals surface area contributed by atoms with Gasteiger partial charge in [0, 0.05) is 18.5 Å². The topological polar surface area (TPSA) is 98.7 Å². The first-order valence-corrected chi connectivity index (χ1v) is 9.48. The summed E-state index contributed by atoms with van der Waals surface area (Å²) in [6.07, 6.45) is 9.69. The lowest BCUT2D eigenvalue weighted by molar-refractivity contribution is -0.113. The van der Waals surface area contributed by atoms with Crippen molar-refractivity contribution in [2.24, 2.45) is 0 Å². The largest absolute Gasteiger partial charge is 0.411 e. The molecule has 0 atom stereocenters. The zero-order valence-electron chi connectivity index (χ0n) is 14.0. The number of thioether (sulfide) groups is 1. The first-order chi connectivity index (χ1) is 12.8. The summed E-state index contributed by atoms with van der Waals surface area (Å²) in [5.41, 5.74) is 0.747. The number of hydrogen-bond donors (Lipinski definition) is 1. The highest BCUT2D eigenvalue weighted by Crippen LogP contribution is 2.31. The Morgan fingerprint density at radius 3 is 2.96 bits per heavy atom. The van der Waals surface area contributed by atoms with Crippen LogP contribution < -0.4 is 5.32 Å². The van der Waals surface area contributed by atoms with Gasteiger partial charge in [0.05, 0.1) is 23.6 Å². The summed E-state index contributed by atoms with van der Waals surface area (Å²) in [5.74, 6) is 1.19. The molecule has 3 aromatic heterocycles. The van der Waals surface area contributed by atoms with E-state index in [1.807, 2.05) is 16.8 Å². The second-order valence-electron chi connectivity index (χ2n) is 6.05. The first-order valence-electron chi connectivity index (χ1n) is 8.49. The summed E-state index contributed by atoms with van der Waals surface area (Å²) in [6, 6.07) is 5.85. The van der Waals surface area contributed by atoms with Crippen LogP contribution in [0.3, 0.4) is 0 Å². The van der Waals surface area contributed by atoms with E-state index in [-0.39, 0.29) is 11.7 Å². The number of rotatable bonds is 6. The van der Waals surface area contributed by atoms with Crippen LogP contribution in [0, 0.1) is 0 Å². The van der Waals surface area contributed by atoms with Gasteiger partial charge in [-0.15, -0.1) is 10.2 Å². The Hall–Kier alpha value is -2.68. The van der Waals surface area contributed by atoms with Crippen LogP contribution in [-0.4, -0.2) is 36.6 Å². The molecule has 1 fully saturated rings. The number of carbonyl (C=O) groups excluding carboxylic acids is 1. The molecular weight excluding hydrogens is 352 g/mol. The van der Waals surface area contributed by atoms with Crippen molar-refractivity contribution in [1.82, 2.24) is 25.0 Å². The van der Waals surface area contributed by atoms with Crippen LogP contribution in [0.1, 0.15) is 31.7 Å². The third kappa shape index (κ3) is 3.77. The fourth-order valence-corrected chi connectivity index (χ4v) is 3.60. The van der Waals surface area contributed by atoms with Gasteiger partial charge in [0.25, 0.3) is 5.22 Å². The maximum absolute atomic E-state index is 12.3. The molecule has 0 unspecified atom stereocenters. The molecule has 0 saturated heterocycles. The molecule has 1 amide bonds. The first kappa shape index (κ1) is 16.8. The van der Waals surface area contributed by atoms with Crippen LogP contribution in [0.4, 0.5) is 5.82 Å². The zero-order valence-corrected chi connectivity index (χ0v) is 14.9. The van der Waals surface area contributed by atoms with Crippen molar-refractivity contribution in [2.45, 2.75) is 36.9 Å². The quantitative estimate of drug-likeness (QED) is 0.665. The van der Waals surface area contributed by atoms with Gasteiger partial charge in [-0.25, -0.2) is 4.68 Å². The van der Waals surface area contributed by atoms with Crippen LogP contribution in [0.25, 0.3) is 11.5 Å². The summed E-state index contributed by atoms with van der Waals surface area (Å²) in [5, 5.41) is 15.6. The van der Waals surface area contributed by atoms with Crippen LogP contribution in [-0.2, 0) is 4.79 Å². The maximum Gasteiger partial charge on any atom is 0.277 e. The average Bonchev–Trinajstić information content (AvgIpc) is 3.42. The van der Waals surface area contributed by atoms with E-state index >= 15 is 0 Å². The van der Waals surface area contributed by atoms with Gasteiger partial charge >= 0.3 is 0 Å². The Kier molecular flexibility index (Phi) is 4.96. The summed E-state index contributed by atoms with van der Waals surface area (Å²) in [6.45, 7) is 0. The molecule has 1 aliphatic carbocycles. The lowest BCUT2D eigenvalue weighted by Gasteiger charge is -2.14. The van der Waals surface area contributed by atoms with E-state index in [4.69, 9.17) is 4.42 Å². The third-order valence-corrected chi connectivity index (χ3v) is 5.07.